The molecule has 0 fully saturated rings. The first-order chi connectivity index (χ1) is 28.4. The van der Waals surface area contributed by atoms with Gasteiger partial charge in [-0.3, -0.25) is 5.41 Å². The molecule has 0 aliphatic heterocycles. The summed E-state index contributed by atoms with van der Waals surface area (Å²) in [5.74, 6) is 0.135. The first-order valence-corrected chi connectivity index (χ1v) is 20.5. The van der Waals surface area contributed by atoms with Crippen LogP contribution in [0.15, 0.2) is 169 Å². The van der Waals surface area contributed by atoms with Crippen molar-refractivity contribution in [3.05, 3.63) is 186 Å². The number of benzene rings is 8. The molecular weight excluding hydrogens is 727 g/mol. The van der Waals surface area contributed by atoms with Crippen LogP contribution in [-0.2, 0) is 5.41 Å². The van der Waals surface area contributed by atoms with Gasteiger partial charge in [0.2, 0.25) is 5.62 Å². The number of thiophene rings is 1. The Morgan fingerprint density at radius 1 is 0.638 bits per heavy atom. The molecule has 3 heterocycles. The van der Waals surface area contributed by atoms with E-state index in [0.717, 1.165) is 33.4 Å². The molecule has 6 heteroatoms. The second-order valence-electron chi connectivity index (χ2n) is 15.8. The van der Waals surface area contributed by atoms with Crippen molar-refractivity contribution in [3.63, 3.8) is 0 Å². The predicted molar refractivity (Wildman–Crippen MR) is 243 cm³/mol. The fourth-order valence-corrected chi connectivity index (χ4v) is 10.9. The zero-order valence-corrected chi connectivity index (χ0v) is 32.7. The zero-order chi connectivity index (χ0) is 38.7. The topological polar surface area (TPSA) is 69.8 Å². The van der Waals surface area contributed by atoms with E-state index in [4.69, 9.17) is 9.98 Å². The van der Waals surface area contributed by atoms with Crippen LogP contribution in [0.1, 0.15) is 30.5 Å². The molecule has 0 bridgehead atoms. The minimum atomic E-state index is -0.134. The molecule has 5 nitrogen and oxygen atoms in total. The van der Waals surface area contributed by atoms with E-state index < -0.39 is 0 Å². The number of nitrogens with one attached hydrogen (secondary N) is 2. The summed E-state index contributed by atoms with van der Waals surface area (Å²) >= 11 is 1.85. The third-order valence-corrected chi connectivity index (χ3v) is 13.4. The number of hydrogen-bond donors (Lipinski definition) is 2. The minimum Gasteiger partial charge on any atom is -0.323 e. The van der Waals surface area contributed by atoms with E-state index in [0.29, 0.717) is 11.2 Å². The van der Waals surface area contributed by atoms with Gasteiger partial charge in [-0.25, -0.2) is 4.98 Å². The molecule has 58 heavy (non-hydrogen) atoms. The van der Waals surface area contributed by atoms with E-state index in [1.165, 1.54) is 69.5 Å². The Bertz CT molecular complexity index is 3640. The van der Waals surface area contributed by atoms with Gasteiger partial charge < -0.3 is 9.55 Å². The number of hydrogen-bond acceptors (Lipinski definition) is 3. The Hall–Kier alpha value is -7.15. The van der Waals surface area contributed by atoms with Crippen LogP contribution in [0.5, 0.6) is 0 Å². The fourth-order valence-electron chi connectivity index (χ4n) is 9.59. The van der Waals surface area contributed by atoms with Crippen molar-refractivity contribution < 1.29 is 0 Å². The van der Waals surface area contributed by atoms with Gasteiger partial charge in [0.1, 0.15) is 0 Å². The van der Waals surface area contributed by atoms with Gasteiger partial charge in [-0.2, -0.15) is 4.99 Å². The molecule has 3 aromatic heterocycles. The molecule has 2 N–H and O–H groups in total. The Morgan fingerprint density at radius 2 is 1.33 bits per heavy atom. The lowest BCUT2D eigenvalue weighted by atomic mass is 9.82. The maximum atomic E-state index is 9.40. The third kappa shape index (κ3) is 4.66. The quantitative estimate of drug-likeness (QED) is 0.137. The van der Waals surface area contributed by atoms with Crippen LogP contribution in [0, 0.1) is 5.41 Å². The normalized spacial score (nSPS) is 13.7. The van der Waals surface area contributed by atoms with Gasteiger partial charge in [0.15, 0.2) is 5.84 Å². The second kappa shape index (κ2) is 12.2. The van der Waals surface area contributed by atoms with Crippen LogP contribution in [-0.4, -0.2) is 20.4 Å². The van der Waals surface area contributed by atoms with E-state index >= 15 is 0 Å². The lowest BCUT2D eigenvalue weighted by Gasteiger charge is -2.22. The number of nitrogens with zero attached hydrogens (tertiary/aromatic N) is 3. The lowest BCUT2D eigenvalue weighted by Crippen LogP contribution is -2.17. The SMILES string of the molecule is CC1(C)c2ccccc2-c2ccc(-c3n/c(=N/C(=N)c4cccc(-n5c6ccccc6c6c7ccccc7c7c8ccccc8sc7c65)c4)[nH]c4ccccc34)cc21. The minimum absolute atomic E-state index is 0.134. The summed E-state index contributed by atoms with van der Waals surface area (Å²) in [7, 11) is 0. The van der Waals surface area contributed by atoms with Gasteiger partial charge in [0, 0.05) is 53.9 Å². The molecule has 1 aliphatic rings. The van der Waals surface area contributed by atoms with Crippen LogP contribution in [0.2, 0.25) is 0 Å². The summed E-state index contributed by atoms with van der Waals surface area (Å²) in [6, 6.07) is 58.1. The van der Waals surface area contributed by atoms with Gasteiger partial charge in [-0.05, 0) is 69.4 Å². The number of rotatable bonds is 3. The van der Waals surface area contributed by atoms with Crippen molar-refractivity contribution in [1.82, 2.24) is 14.5 Å². The Kier molecular flexibility index (Phi) is 6.93. The molecule has 274 valence electrons. The van der Waals surface area contributed by atoms with Crippen LogP contribution in [0.3, 0.4) is 0 Å². The van der Waals surface area contributed by atoms with E-state index in [-0.39, 0.29) is 11.3 Å². The number of amidine groups is 1. The van der Waals surface area contributed by atoms with E-state index in [2.05, 4.69) is 163 Å². The first-order valence-electron chi connectivity index (χ1n) is 19.7. The van der Waals surface area contributed by atoms with Gasteiger partial charge in [-0.1, -0.05) is 141 Å². The smallest absolute Gasteiger partial charge is 0.229 e. The van der Waals surface area contributed by atoms with Crippen LogP contribution >= 0.6 is 11.3 Å². The summed E-state index contributed by atoms with van der Waals surface area (Å²) in [5.41, 5.74) is 12.2. The van der Waals surface area contributed by atoms with Gasteiger partial charge in [-0.15, -0.1) is 11.3 Å². The zero-order valence-electron chi connectivity index (χ0n) is 31.8. The maximum Gasteiger partial charge on any atom is 0.229 e. The molecule has 0 unspecified atom stereocenters. The second-order valence-corrected chi connectivity index (χ2v) is 16.9. The number of para-hydroxylation sites is 2. The van der Waals surface area contributed by atoms with Crippen molar-refractivity contribution in [2.24, 2.45) is 4.99 Å². The number of H-pyrrole nitrogens is 1. The summed E-state index contributed by atoms with van der Waals surface area (Å²) in [6.07, 6.45) is 0. The van der Waals surface area contributed by atoms with Crippen LogP contribution in [0.4, 0.5) is 0 Å². The molecule has 1 aliphatic carbocycles. The molecule has 0 amide bonds. The first kappa shape index (κ1) is 33.0. The highest BCUT2D eigenvalue weighted by molar-refractivity contribution is 7.27. The molecule has 12 rings (SSSR count). The van der Waals surface area contributed by atoms with E-state index in [1.807, 2.05) is 35.6 Å². The monoisotopic (exact) mass is 761 g/mol. The summed E-state index contributed by atoms with van der Waals surface area (Å²) in [6.45, 7) is 4.60. The maximum absolute atomic E-state index is 9.40. The highest BCUT2D eigenvalue weighted by Gasteiger charge is 2.35. The summed E-state index contributed by atoms with van der Waals surface area (Å²) in [5, 5.41) is 17.9. The van der Waals surface area contributed by atoms with E-state index in [1.54, 1.807) is 0 Å². The number of fused-ring (bicyclic) bond motifs is 14. The molecule has 0 saturated heterocycles. The fraction of sp³-hybridized carbons (Fsp3) is 0.0577. The summed E-state index contributed by atoms with van der Waals surface area (Å²) in [4.78, 5) is 13.4. The Balaban J connectivity index is 1.03. The van der Waals surface area contributed by atoms with Crippen molar-refractivity contribution in [1.29, 1.82) is 5.41 Å². The van der Waals surface area contributed by atoms with Gasteiger partial charge >= 0.3 is 0 Å². The molecular formula is C52H35N5S. The molecule has 8 aromatic carbocycles. The van der Waals surface area contributed by atoms with Crippen molar-refractivity contribution in [2.75, 3.05) is 0 Å². The molecule has 0 atom stereocenters. The van der Waals surface area contributed by atoms with Crippen LogP contribution in [0.25, 0.3) is 91.7 Å². The number of aromatic amines is 1. The average Bonchev–Trinajstić information content (AvgIpc) is 3.90. The molecule has 0 spiro atoms. The Morgan fingerprint density at radius 3 is 2.19 bits per heavy atom. The highest BCUT2D eigenvalue weighted by Crippen LogP contribution is 2.50. The molecule has 0 saturated carbocycles. The highest BCUT2D eigenvalue weighted by atomic mass is 32.1. The molecule has 0 radical (unpaired) electrons. The van der Waals surface area contributed by atoms with Crippen molar-refractivity contribution in [2.45, 2.75) is 19.3 Å². The van der Waals surface area contributed by atoms with Crippen molar-refractivity contribution >= 4 is 80.8 Å². The van der Waals surface area contributed by atoms with Crippen molar-refractivity contribution in [3.8, 4) is 28.1 Å². The standard InChI is InChI=1S/C52H35N5S/c1-52(2)40-22-9-5-16-33(40)34-27-26-30(29-41(34)52)47-37-19-6-10-23-42(37)54-51(55-47)56-50(53)31-14-13-15-32(28-31)57-43-24-11-7-20-38(43)45-35-17-3-4-18-36(35)46-39-21-8-12-25-44(39)58-49(46)48(45)57/h3-29H,1-2H3,(H2,53,54,55,56). The predicted octanol–water partition coefficient (Wildman–Crippen LogP) is 13.1. The molecule has 11 aromatic rings. The van der Waals surface area contributed by atoms with Gasteiger partial charge in [0.25, 0.3) is 0 Å². The summed E-state index contributed by atoms with van der Waals surface area (Å²) < 4.78 is 4.92. The van der Waals surface area contributed by atoms with Gasteiger partial charge in [0.05, 0.1) is 26.9 Å². The Labute approximate surface area is 337 Å². The van der Waals surface area contributed by atoms with Crippen LogP contribution < -0.4 is 5.62 Å². The average molecular weight is 762 g/mol. The third-order valence-electron chi connectivity index (χ3n) is 12.2. The lowest BCUT2D eigenvalue weighted by molar-refractivity contribution is 0.660. The number of aromatic nitrogens is 3. The van der Waals surface area contributed by atoms with E-state index in [9.17, 15) is 5.41 Å². The largest absolute Gasteiger partial charge is 0.323 e.